The lowest BCUT2D eigenvalue weighted by Gasteiger charge is -2.31. The second-order valence-corrected chi connectivity index (χ2v) is 7.57. The molecule has 4 rings (SSSR count). The summed E-state index contributed by atoms with van der Waals surface area (Å²) in [5, 5.41) is 1.04. The molecule has 0 spiro atoms. The summed E-state index contributed by atoms with van der Waals surface area (Å²) >= 11 is 1.70. The Balaban J connectivity index is 1.35. The summed E-state index contributed by atoms with van der Waals surface area (Å²) in [6.07, 6.45) is 5.57. The number of pyridine rings is 1. The quantitative estimate of drug-likeness (QED) is 0.697. The van der Waals surface area contributed by atoms with Crippen LogP contribution in [0.5, 0.6) is 5.88 Å². The van der Waals surface area contributed by atoms with Crippen LogP contribution in [0.3, 0.4) is 0 Å². The fourth-order valence-corrected chi connectivity index (χ4v) is 4.14. The molecule has 26 heavy (non-hydrogen) atoms. The third-order valence-electron chi connectivity index (χ3n) is 4.62. The number of fused-ring (bicyclic) bond motifs is 1. The number of anilines is 1. The summed E-state index contributed by atoms with van der Waals surface area (Å²) in [7, 11) is 0. The normalized spacial score (nSPS) is 15.6. The Hall–Kier alpha value is -2.35. The van der Waals surface area contributed by atoms with Crippen LogP contribution in [0.1, 0.15) is 24.4 Å². The molecule has 0 amide bonds. The monoisotopic (exact) mass is 373 g/mol. The van der Waals surface area contributed by atoms with Crippen LogP contribution in [0.2, 0.25) is 0 Å². The summed E-state index contributed by atoms with van der Waals surface area (Å²) in [6.45, 7) is 5.69. The van der Waals surface area contributed by atoms with Crippen LogP contribution in [-0.4, -0.2) is 39.6 Å². The average molecular weight is 373 g/mol. The zero-order valence-corrected chi connectivity index (χ0v) is 15.6. The predicted octanol–water partition coefficient (Wildman–Crippen LogP) is 3.53. The van der Waals surface area contributed by atoms with Gasteiger partial charge in [-0.2, -0.15) is 9.37 Å². The maximum absolute atomic E-state index is 14.1. The van der Waals surface area contributed by atoms with Gasteiger partial charge in [0, 0.05) is 19.3 Å². The predicted molar refractivity (Wildman–Crippen MR) is 99.3 cm³/mol. The number of ether oxygens (including phenoxy) is 1. The molecule has 1 saturated heterocycles. The van der Waals surface area contributed by atoms with Crippen LogP contribution in [-0.2, 0) is 0 Å². The number of nitrogens with zero attached hydrogens (tertiary/aromatic N) is 5. The smallest absolute Gasteiger partial charge is 0.254 e. The Morgan fingerprint density at radius 1 is 1.23 bits per heavy atom. The third-order valence-corrected chi connectivity index (χ3v) is 5.71. The van der Waals surface area contributed by atoms with Crippen molar-refractivity contribution in [1.82, 2.24) is 19.9 Å². The maximum Gasteiger partial charge on any atom is 0.254 e. The first-order valence-electron chi connectivity index (χ1n) is 8.69. The van der Waals surface area contributed by atoms with Crippen molar-refractivity contribution in [1.29, 1.82) is 0 Å². The van der Waals surface area contributed by atoms with Gasteiger partial charge in [0.2, 0.25) is 5.82 Å². The molecule has 1 fully saturated rings. The van der Waals surface area contributed by atoms with Crippen LogP contribution in [0, 0.1) is 25.6 Å². The molecule has 0 aromatic carbocycles. The van der Waals surface area contributed by atoms with E-state index in [0.717, 1.165) is 41.3 Å². The number of rotatable bonds is 4. The van der Waals surface area contributed by atoms with Gasteiger partial charge < -0.3 is 9.64 Å². The first-order chi connectivity index (χ1) is 12.6. The minimum Gasteiger partial charge on any atom is -0.475 e. The lowest BCUT2D eigenvalue weighted by atomic mass is 9.98. The molecule has 0 bridgehead atoms. The van der Waals surface area contributed by atoms with Crippen molar-refractivity contribution in [3.05, 3.63) is 35.8 Å². The van der Waals surface area contributed by atoms with Crippen molar-refractivity contribution in [2.45, 2.75) is 26.7 Å². The number of aromatic nitrogens is 4. The fraction of sp³-hybridized carbons (Fsp3) is 0.444. The van der Waals surface area contributed by atoms with Crippen molar-refractivity contribution in [3.8, 4) is 5.88 Å². The van der Waals surface area contributed by atoms with E-state index < -0.39 is 5.82 Å². The van der Waals surface area contributed by atoms with E-state index in [1.807, 2.05) is 6.07 Å². The highest BCUT2D eigenvalue weighted by molar-refractivity contribution is 7.22. The molecule has 0 saturated carbocycles. The van der Waals surface area contributed by atoms with Gasteiger partial charge in [0.05, 0.1) is 23.2 Å². The second-order valence-electron chi connectivity index (χ2n) is 6.56. The first-order valence-corrected chi connectivity index (χ1v) is 9.51. The van der Waals surface area contributed by atoms with Crippen LogP contribution in [0.15, 0.2) is 18.5 Å². The lowest BCUT2D eigenvalue weighted by molar-refractivity contribution is 0.206. The summed E-state index contributed by atoms with van der Waals surface area (Å²) in [6, 6.07) is 2.00. The van der Waals surface area contributed by atoms with Crippen molar-refractivity contribution in [3.63, 3.8) is 0 Å². The average Bonchev–Trinajstić information content (AvgIpc) is 3.08. The minimum atomic E-state index is -0.462. The zero-order valence-electron chi connectivity index (χ0n) is 14.8. The summed E-state index contributed by atoms with van der Waals surface area (Å²) in [5.41, 5.74) is 1.27. The Bertz CT molecular complexity index is 890. The molecule has 4 heterocycles. The Labute approximate surface area is 155 Å². The van der Waals surface area contributed by atoms with Gasteiger partial charge in [-0.3, -0.25) is 4.98 Å². The number of hydrogen-bond donors (Lipinski definition) is 0. The van der Waals surface area contributed by atoms with Crippen LogP contribution < -0.4 is 9.64 Å². The summed E-state index contributed by atoms with van der Waals surface area (Å²) in [5.74, 6) is 0.517. The molecule has 136 valence electrons. The second kappa shape index (κ2) is 7.11. The van der Waals surface area contributed by atoms with E-state index in [4.69, 9.17) is 4.74 Å². The van der Waals surface area contributed by atoms with Crippen molar-refractivity contribution in [2.24, 2.45) is 5.92 Å². The molecular weight excluding hydrogens is 353 g/mol. The molecular formula is C18H20FN5OS. The summed E-state index contributed by atoms with van der Waals surface area (Å²) in [4.78, 5) is 19.2. The SMILES string of the molecule is Cc1nc(C)c(F)c(OCC2CCN(c3nc4cnccc4s3)CC2)n1. The van der Waals surface area contributed by atoms with Crippen molar-refractivity contribution >= 4 is 26.7 Å². The van der Waals surface area contributed by atoms with Gasteiger partial charge in [0.15, 0.2) is 5.13 Å². The largest absolute Gasteiger partial charge is 0.475 e. The zero-order chi connectivity index (χ0) is 18.1. The molecule has 0 aliphatic carbocycles. The van der Waals surface area contributed by atoms with E-state index in [0.29, 0.717) is 24.0 Å². The number of aryl methyl sites for hydroxylation is 2. The number of halogens is 1. The Morgan fingerprint density at radius 3 is 2.81 bits per heavy atom. The van der Waals surface area contributed by atoms with Gasteiger partial charge in [-0.25, -0.2) is 9.97 Å². The third kappa shape index (κ3) is 3.46. The first kappa shape index (κ1) is 17.1. The number of hydrogen-bond acceptors (Lipinski definition) is 7. The van der Waals surface area contributed by atoms with Crippen molar-refractivity contribution < 1.29 is 9.13 Å². The highest BCUT2D eigenvalue weighted by Gasteiger charge is 2.23. The van der Waals surface area contributed by atoms with Gasteiger partial charge in [0.1, 0.15) is 11.3 Å². The van der Waals surface area contributed by atoms with Gasteiger partial charge in [0.25, 0.3) is 5.88 Å². The van der Waals surface area contributed by atoms with Gasteiger partial charge in [-0.05, 0) is 38.7 Å². The van der Waals surface area contributed by atoms with Gasteiger partial charge in [-0.15, -0.1) is 0 Å². The standard InChI is InChI=1S/C18H20FN5OS/c1-11-16(19)17(22-12(2)21-11)25-10-13-4-7-24(8-5-13)18-23-14-9-20-6-3-15(14)26-18/h3,6,9,13H,4-5,7-8,10H2,1-2H3. The molecule has 1 aliphatic heterocycles. The molecule has 0 unspecified atom stereocenters. The van der Waals surface area contributed by atoms with Crippen molar-refractivity contribution in [2.75, 3.05) is 24.6 Å². The number of piperidine rings is 1. The highest BCUT2D eigenvalue weighted by Crippen LogP contribution is 2.31. The van der Waals surface area contributed by atoms with Crippen LogP contribution in [0.25, 0.3) is 10.2 Å². The van der Waals surface area contributed by atoms with Gasteiger partial charge >= 0.3 is 0 Å². The van der Waals surface area contributed by atoms with Gasteiger partial charge in [-0.1, -0.05) is 11.3 Å². The van der Waals surface area contributed by atoms with E-state index in [1.165, 1.54) is 0 Å². The molecule has 6 nitrogen and oxygen atoms in total. The van der Waals surface area contributed by atoms with E-state index >= 15 is 0 Å². The molecule has 0 radical (unpaired) electrons. The highest BCUT2D eigenvalue weighted by atomic mass is 32.1. The molecule has 3 aromatic heterocycles. The van der Waals surface area contributed by atoms with E-state index in [2.05, 4.69) is 24.8 Å². The molecule has 1 aliphatic rings. The molecule has 3 aromatic rings. The van der Waals surface area contributed by atoms with Crippen LogP contribution >= 0.6 is 11.3 Å². The Morgan fingerprint density at radius 2 is 2.04 bits per heavy atom. The molecule has 0 atom stereocenters. The topological polar surface area (TPSA) is 64.0 Å². The maximum atomic E-state index is 14.1. The molecule has 0 N–H and O–H groups in total. The van der Waals surface area contributed by atoms with Crippen LogP contribution in [0.4, 0.5) is 9.52 Å². The lowest BCUT2D eigenvalue weighted by Crippen LogP contribution is -2.35. The van der Waals surface area contributed by atoms with E-state index in [-0.39, 0.29) is 5.88 Å². The van der Waals surface area contributed by atoms with E-state index in [9.17, 15) is 4.39 Å². The Kier molecular flexibility index (Phi) is 4.67. The molecule has 8 heteroatoms. The summed E-state index contributed by atoms with van der Waals surface area (Å²) < 4.78 is 20.9. The fourth-order valence-electron chi connectivity index (χ4n) is 3.15. The number of thiazole rings is 1. The minimum absolute atomic E-state index is 0.0658. The van der Waals surface area contributed by atoms with E-state index in [1.54, 1.807) is 37.6 Å².